The monoisotopic (exact) mass is 500 g/mol. The molecule has 1 heterocycles. The van der Waals surface area contributed by atoms with Gasteiger partial charge in [0.2, 0.25) is 5.89 Å². The van der Waals surface area contributed by atoms with E-state index in [-0.39, 0.29) is 5.91 Å². The maximum absolute atomic E-state index is 12.5. The summed E-state index contributed by atoms with van der Waals surface area (Å²) in [6.45, 7) is 0. The second-order valence-electron chi connectivity index (χ2n) is 6.24. The van der Waals surface area contributed by atoms with E-state index in [9.17, 15) is 4.79 Å². The molecule has 29 heavy (non-hydrogen) atoms. The van der Waals surface area contributed by atoms with Crippen LogP contribution in [0.5, 0.6) is 11.5 Å². The third kappa shape index (κ3) is 4.04. The Kier molecular flexibility index (Phi) is 5.39. The van der Waals surface area contributed by atoms with E-state index in [0.717, 1.165) is 9.13 Å². The number of hydrogen-bond acceptors (Lipinski definition) is 5. The highest BCUT2D eigenvalue weighted by molar-refractivity contribution is 14.1. The summed E-state index contributed by atoms with van der Waals surface area (Å²) in [4.78, 5) is 17.0. The second-order valence-corrected chi connectivity index (χ2v) is 7.48. The molecule has 0 aliphatic carbocycles. The number of rotatable bonds is 5. The van der Waals surface area contributed by atoms with Gasteiger partial charge in [0.25, 0.3) is 5.91 Å². The van der Waals surface area contributed by atoms with Crippen molar-refractivity contribution in [1.29, 1.82) is 0 Å². The van der Waals surface area contributed by atoms with Crippen LogP contribution in [0, 0.1) is 3.57 Å². The Bertz CT molecular complexity index is 1200. The summed E-state index contributed by atoms with van der Waals surface area (Å²) in [5.41, 5.74) is 3.29. The van der Waals surface area contributed by atoms with E-state index in [1.807, 2.05) is 30.3 Å². The molecule has 1 N–H and O–H groups in total. The summed E-state index contributed by atoms with van der Waals surface area (Å²) in [7, 11) is 3.17. The van der Waals surface area contributed by atoms with Crippen molar-refractivity contribution in [3.05, 3.63) is 69.8 Å². The number of oxazole rings is 1. The molecule has 0 bridgehead atoms. The Hall–Kier alpha value is -3.07. The van der Waals surface area contributed by atoms with Gasteiger partial charge < -0.3 is 19.2 Å². The Labute approximate surface area is 181 Å². The number of halogens is 1. The molecular weight excluding hydrogens is 483 g/mol. The predicted molar refractivity (Wildman–Crippen MR) is 120 cm³/mol. The molecule has 6 nitrogen and oxygen atoms in total. The Balaban J connectivity index is 1.62. The summed E-state index contributed by atoms with van der Waals surface area (Å²) in [5, 5.41) is 2.90. The van der Waals surface area contributed by atoms with E-state index >= 15 is 0 Å². The fraction of sp³-hybridized carbons (Fsp3) is 0.0909. The quantitative estimate of drug-likeness (QED) is 0.373. The lowest BCUT2D eigenvalue weighted by molar-refractivity contribution is 0.102. The van der Waals surface area contributed by atoms with Crippen molar-refractivity contribution >= 4 is 45.3 Å². The first kappa shape index (κ1) is 19.3. The number of fused-ring (bicyclic) bond motifs is 1. The van der Waals surface area contributed by atoms with Crippen molar-refractivity contribution < 1.29 is 18.7 Å². The van der Waals surface area contributed by atoms with Crippen molar-refractivity contribution in [2.24, 2.45) is 0 Å². The van der Waals surface area contributed by atoms with E-state index in [1.54, 1.807) is 44.6 Å². The van der Waals surface area contributed by atoms with Gasteiger partial charge in [0, 0.05) is 20.4 Å². The van der Waals surface area contributed by atoms with Crippen LogP contribution in [-0.4, -0.2) is 25.1 Å². The molecule has 146 valence electrons. The van der Waals surface area contributed by atoms with Crippen LogP contribution in [0.15, 0.2) is 65.1 Å². The van der Waals surface area contributed by atoms with Gasteiger partial charge in [-0.2, -0.15) is 0 Å². The summed E-state index contributed by atoms with van der Waals surface area (Å²) in [6.07, 6.45) is 0. The van der Waals surface area contributed by atoms with E-state index in [4.69, 9.17) is 13.9 Å². The van der Waals surface area contributed by atoms with Gasteiger partial charge in [-0.05, 0) is 77.2 Å². The minimum atomic E-state index is -0.175. The smallest absolute Gasteiger partial charge is 0.255 e. The molecule has 0 radical (unpaired) electrons. The second kappa shape index (κ2) is 8.12. The van der Waals surface area contributed by atoms with Crippen LogP contribution >= 0.6 is 22.6 Å². The highest BCUT2D eigenvalue weighted by Crippen LogP contribution is 2.33. The average Bonchev–Trinajstić information content (AvgIpc) is 3.16. The van der Waals surface area contributed by atoms with Gasteiger partial charge in [-0.1, -0.05) is 6.07 Å². The topological polar surface area (TPSA) is 73.6 Å². The Morgan fingerprint density at radius 3 is 2.59 bits per heavy atom. The number of aromatic nitrogens is 1. The Morgan fingerprint density at radius 2 is 1.83 bits per heavy atom. The fourth-order valence-corrected chi connectivity index (χ4v) is 3.47. The molecule has 1 aromatic heterocycles. The number of nitrogens with one attached hydrogen (secondary N) is 1. The maximum Gasteiger partial charge on any atom is 0.255 e. The van der Waals surface area contributed by atoms with Crippen molar-refractivity contribution in [3.8, 4) is 23.0 Å². The number of anilines is 1. The van der Waals surface area contributed by atoms with E-state index < -0.39 is 0 Å². The number of methoxy groups -OCH3 is 2. The van der Waals surface area contributed by atoms with Gasteiger partial charge in [0.1, 0.15) is 5.52 Å². The first-order valence-electron chi connectivity index (χ1n) is 8.77. The molecule has 4 rings (SSSR count). The van der Waals surface area contributed by atoms with Gasteiger partial charge in [-0.3, -0.25) is 4.79 Å². The van der Waals surface area contributed by atoms with Crippen LogP contribution < -0.4 is 14.8 Å². The molecule has 0 saturated carbocycles. The maximum atomic E-state index is 12.5. The molecule has 3 aromatic carbocycles. The van der Waals surface area contributed by atoms with E-state index in [0.29, 0.717) is 39.7 Å². The molecule has 1 amide bonds. The van der Waals surface area contributed by atoms with E-state index in [1.165, 1.54) is 0 Å². The zero-order valence-electron chi connectivity index (χ0n) is 15.7. The zero-order chi connectivity index (χ0) is 20.4. The summed E-state index contributed by atoms with van der Waals surface area (Å²) in [5.74, 6) is 1.51. The molecule has 4 aromatic rings. The molecule has 0 aliphatic rings. The third-order valence-corrected chi connectivity index (χ3v) is 5.03. The summed E-state index contributed by atoms with van der Waals surface area (Å²) >= 11 is 2.18. The Morgan fingerprint density at radius 1 is 1.00 bits per heavy atom. The number of benzene rings is 3. The fourth-order valence-electron chi connectivity index (χ4n) is 2.93. The lowest BCUT2D eigenvalue weighted by atomic mass is 10.2. The lowest BCUT2D eigenvalue weighted by Crippen LogP contribution is -2.11. The van der Waals surface area contributed by atoms with Crippen LogP contribution in [0.2, 0.25) is 0 Å². The number of hydrogen-bond donors (Lipinski definition) is 1. The van der Waals surface area contributed by atoms with Crippen LogP contribution in [-0.2, 0) is 0 Å². The normalized spacial score (nSPS) is 10.7. The van der Waals surface area contributed by atoms with Crippen LogP contribution in [0.1, 0.15) is 10.4 Å². The van der Waals surface area contributed by atoms with Crippen LogP contribution in [0.3, 0.4) is 0 Å². The summed E-state index contributed by atoms with van der Waals surface area (Å²) in [6, 6.07) is 18.2. The molecule has 0 saturated heterocycles. The number of carbonyl (C=O) groups excluding carboxylic acids is 1. The minimum Gasteiger partial charge on any atom is -0.493 e. The number of ether oxygens (including phenoxy) is 2. The first-order valence-corrected chi connectivity index (χ1v) is 9.85. The molecule has 7 heteroatoms. The highest BCUT2D eigenvalue weighted by Gasteiger charge is 2.13. The van der Waals surface area contributed by atoms with E-state index in [2.05, 4.69) is 32.9 Å². The number of carbonyl (C=O) groups is 1. The standard InChI is InChI=1S/C22H17IN2O4/c1-27-19-8-6-14(11-20(19)28-2)22-25-17-12-16(7-9-18(17)29-22)24-21(26)13-4-3-5-15(23)10-13/h3-12H,1-2H3,(H,24,26). The zero-order valence-corrected chi connectivity index (χ0v) is 17.9. The molecule has 0 atom stereocenters. The third-order valence-electron chi connectivity index (χ3n) is 4.36. The molecule has 0 spiro atoms. The van der Waals surface area contributed by atoms with Gasteiger partial charge in [-0.15, -0.1) is 0 Å². The minimum absolute atomic E-state index is 0.175. The largest absolute Gasteiger partial charge is 0.493 e. The number of amides is 1. The van der Waals surface area contributed by atoms with Gasteiger partial charge in [-0.25, -0.2) is 4.98 Å². The van der Waals surface area contributed by atoms with Crippen molar-refractivity contribution in [2.75, 3.05) is 19.5 Å². The number of nitrogens with zero attached hydrogens (tertiary/aromatic N) is 1. The van der Waals surface area contributed by atoms with Gasteiger partial charge in [0.05, 0.1) is 14.2 Å². The van der Waals surface area contributed by atoms with Crippen LogP contribution in [0.4, 0.5) is 5.69 Å². The average molecular weight is 500 g/mol. The molecule has 0 aliphatic heterocycles. The first-order chi connectivity index (χ1) is 14.1. The van der Waals surface area contributed by atoms with Gasteiger partial charge in [0.15, 0.2) is 17.1 Å². The predicted octanol–water partition coefficient (Wildman–Crippen LogP) is 5.37. The van der Waals surface area contributed by atoms with Crippen molar-refractivity contribution in [1.82, 2.24) is 4.98 Å². The van der Waals surface area contributed by atoms with Crippen LogP contribution in [0.25, 0.3) is 22.6 Å². The molecule has 0 fully saturated rings. The van der Waals surface area contributed by atoms with Crippen molar-refractivity contribution in [2.45, 2.75) is 0 Å². The molecule has 0 unspecified atom stereocenters. The highest BCUT2D eigenvalue weighted by atomic mass is 127. The van der Waals surface area contributed by atoms with Gasteiger partial charge >= 0.3 is 0 Å². The molecular formula is C22H17IN2O4. The van der Waals surface area contributed by atoms with Crippen molar-refractivity contribution in [3.63, 3.8) is 0 Å². The lowest BCUT2D eigenvalue weighted by Gasteiger charge is -2.07. The SMILES string of the molecule is COc1ccc(-c2nc3cc(NC(=O)c4cccc(I)c4)ccc3o2)cc1OC. The summed E-state index contributed by atoms with van der Waals surface area (Å²) < 4.78 is 17.5.